The molecule has 3 aromatic rings. The molecule has 0 amide bonds. The molecule has 3 aliphatic rings. The summed E-state index contributed by atoms with van der Waals surface area (Å²) in [6.07, 6.45) is 11.0. The highest BCUT2D eigenvalue weighted by molar-refractivity contribution is 5.88. The number of rotatable bonds is 7. The monoisotopic (exact) mass is 418 g/mol. The molecule has 6 rings (SSSR count). The first kappa shape index (κ1) is 18.5. The van der Waals surface area contributed by atoms with Crippen molar-refractivity contribution in [2.45, 2.75) is 63.3 Å². The van der Waals surface area contributed by atoms with Crippen LogP contribution in [0.25, 0.3) is 0 Å². The van der Waals surface area contributed by atoms with Crippen molar-refractivity contribution in [3.63, 3.8) is 0 Å². The second kappa shape index (κ2) is 7.47. The van der Waals surface area contributed by atoms with E-state index in [1.807, 2.05) is 0 Å². The summed E-state index contributed by atoms with van der Waals surface area (Å²) < 4.78 is 0. The molecule has 0 spiro atoms. The third kappa shape index (κ3) is 3.58. The number of carbonyl (C=O) groups is 1. The standard InChI is InChI=1S/C22H26N8O/c31-18(12-19-23-8-9-24-19)17-5-2-10-30(17)22-25-15-4-1-3-14(15)21(27-22)26-20-11-16(28-29-20)13-6-7-13/h8-9,11,13,17H,1-7,10,12H2,(H,23,24)(H2,25,26,27,28,29). The van der Waals surface area contributed by atoms with Crippen molar-refractivity contribution in [3.8, 4) is 0 Å². The highest BCUT2D eigenvalue weighted by Gasteiger charge is 2.34. The number of aromatic amines is 2. The minimum absolute atomic E-state index is 0.160. The van der Waals surface area contributed by atoms with Crippen LogP contribution in [0.5, 0.6) is 0 Å². The molecule has 160 valence electrons. The summed E-state index contributed by atoms with van der Waals surface area (Å²) in [5.74, 6) is 3.77. The first-order chi connectivity index (χ1) is 15.2. The number of imidazole rings is 1. The van der Waals surface area contributed by atoms with Gasteiger partial charge in [-0.25, -0.2) is 9.97 Å². The molecule has 4 heterocycles. The smallest absolute Gasteiger partial charge is 0.228 e. The highest BCUT2D eigenvalue weighted by Crippen LogP contribution is 2.40. The zero-order chi connectivity index (χ0) is 20.8. The Kier molecular flexibility index (Phi) is 4.47. The molecule has 9 nitrogen and oxygen atoms in total. The Labute approximate surface area is 180 Å². The molecule has 0 aromatic carbocycles. The fourth-order valence-corrected chi connectivity index (χ4v) is 4.80. The van der Waals surface area contributed by atoms with Crippen molar-refractivity contribution in [3.05, 3.63) is 41.2 Å². The van der Waals surface area contributed by atoms with Crippen LogP contribution in [0.1, 0.15) is 60.8 Å². The van der Waals surface area contributed by atoms with Gasteiger partial charge in [-0.1, -0.05) is 0 Å². The largest absolute Gasteiger partial charge is 0.348 e. The molecular weight excluding hydrogens is 392 g/mol. The third-order valence-corrected chi connectivity index (χ3v) is 6.56. The van der Waals surface area contributed by atoms with Crippen LogP contribution in [0, 0.1) is 0 Å². The number of aromatic nitrogens is 6. The summed E-state index contributed by atoms with van der Waals surface area (Å²) in [6, 6.07) is 1.89. The van der Waals surface area contributed by atoms with E-state index < -0.39 is 0 Å². The second-order valence-electron chi connectivity index (χ2n) is 8.79. The van der Waals surface area contributed by atoms with Crippen LogP contribution in [0.3, 0.4) is 0 Å². The Balaban J connectivity index is 1.27. The van der Waals surface area contributed by atoms with E-state index in [9.17, 15) is 4.79 Å². The predicted octanol–water partition coefficient (Wildman–Crippen LogP) is 2.81. The zero-order valence-electron chi connectivity index (χ0n) is 17.4. The summed E-state index contributed by atoms with van der Waals surface area (Å²) in [7, 11) is 0. The molecule has 1 saturated heterocycles. The van der Waals surface area contributed by atoms with Gasteiger partial charge in [0.1, 0.15) is 11.6 Å². The van der Waals surface area contributed by atoms with Gasteiger partial charge in [0.2, 0.25) is 5.95 Å². The molecule has 1 aliphatic heterocycles. The lowest BCUT2D eigenvalue weighted by Crippen LogP contribution is -2.38. The number of Topliss-reactive ketones (excluding diaryl/α,β-unsaturated/α-hetero) is 1. The topological polar surface area (TPSA) is 115 Å². The van der Waals surface area contributed by atoms with Gasteiger partial charge in [-0.2, -0.15) is 10.1 Å². The van der Waals surface area contributed by atoms with Crippen molar-refractivity contribution in [2.75, 3.05) is 16.8 Å². The number of carbonyl (C=O) groups excluding carboxylic acids is 1. The Morgan fingerprint density at radius 2 is 2.13 bits per heavy atom. The van der Waals surface area contributed by atoms with E-state index in [2.05, 4.69) is 36.4 Å². The molecular formula is C22H26N8O. The number of anilines is 3. The van der Waals surface area contributed by atoms with Crippen LogP contribution in [0.15, 0.2) is 18.5 Å². The third-order valence-electron chi connectivity index (χ3n) is 6.56. The van der Waals surface area contributed by atoms with Gasteiger partial charge >= 0.3 is 0 Å². The summed E-state index contributed by atoms with van der Waals surface area (Å²) in [6.45, 7) is 0.793. The Bertz CT molecular complexity index is 1100. The average molecular weight is 419 g/mol. The number of aryl methyl sites for hydroxylation is 1. The Morgan fingerprint density at radius 1 is 1.19 bits per heavy atom. The maximum atomic E-state index is 13.0. The molecule has 3 N–H and O–H groups in total. The number of fused-ring (bicyclic) bond motifs is 1. The van der Waals surface area contributed by atoms with Crippen molar-refractivity contribution in [2.24, 2.45) is 0 Å². The number of ketones is 1. The maximum absolute atomic E-state index is 13.0. The normalized spacial score (nSPS) is 20.3. The lowest BCUT2D eigenvalue weighted by atomic mass is 10.1. The molecule has 9 heteroatoms. The Hall–Kier alpha value is -3.23. The van der Waals surface area contributed by atoms with Crippen LogP contribution in [0.2, 0.25) is 0 Å². The van der Waals surface area contributed by atoms with Gasteiger partial charge in [-0.05, 0) is 44.9 Å². The van der Waals surface area contributed by atoms with E-state index in [0.717, 1.165) is 56.0 Å². The maximum Gasteiger partial charge on any atom is 0.228 e. The highest BCUT2D eigenvalue weighted by atomic mass is 16.1. The first-order valence-corrected chi connectivity index (χ1v) is 11.2. The number of H-pyrrole nitrogens is 2. The predicted molar refractivity (Wildman–Crippen MR) is 116 cm³/mol. The van der Waals surface area contributed by atoms with E-state index in [1.54, 1.807) is 12.4 Å². The fraction of sp³-hybridized carbons (Fsp3) is 0.500. The zero-order valence-corrected chi connectivity index (χ0v) is 17.4. The molecule has 2 fully saturated rings. The molecule has 1 atom stereocenters. The van der Waals surface area contributed by atoms with Crippen molar-refractivity contribution in [1.82, 2.24) is 30.1 Å². The number of hydrogen-bond acceptors (Lipinski definition) is 7. The van der Waals surface area contributed by atoms with Gasteiger partial charge in [0.05, 0.1) is 18.2 Å². The van der Waals surface area contributed by atoms with E-state index >= 15 is 0 Å². The van der Waals surface area contributed by atoms with Gasteiger partial charge < -0.3 is 15.2 Å². The summed E-state index contributed by atoms with van der Waals surface area (Å²) in [5, 5.41) is 11.0. The molecule has 3 aromatic heterocycles. The van der Waals surface area contributed by atoms with Crippen LogP contribution in [-0.4, -0.2) is 48.5 Å². The number of nitrogens with zero attached hydrogens (tertiary/aromatic N) is 5. The molecule has 0 radical (unpaired) electrons. The van der Waals surface area contributed by atoms with E-state index in [1.165, 1.54) is 24.1 Å². The van der Waals surface area contributed by atoms with Crippen molar-refractivity contribution < 1.29 is 4.79 Å². The average Bonchev–Trinajstić information content (AvgIpc) is 3.27. The molecule has 1 saturated carbocycles. The fourth-order valence-electron chi connectivity index (χ4n) is 4.80. The molecule has 31 heavy (non-hydrogen) atoms. The lowest BCUT2D eigenvalue weighted by Gasteiger charge is -2.24. The van der Waals surface area contributed by atoms with Gasteiger partial charge in [-0.15, -0.1) is 0 Å². The molecule has 0 bridgehead atoms. The van der Waals surface area contributed by atoms with Crippen LogP contribution >= 0.6 is 0 Å². The van der Waals surface area contributed by atoms with E-state index in [-0.39, 0.29) is 11.8 Å². The van der Waals surface area contributed by atoms with Crippen LogP contribution in [0.4, 0.5) is 17.6 Å². The van der Waals surface area contributed by atoms with Crippen LogP contribution < -0.4 is 10.2 Å². The molecule has 1 unspecified atom stereocenters. The summed E-state index contributed by atoms with van der Waals surface area (Å²) in [5.41, 5.74) is 3.46. The van der Waals surface area contributed by atoms with Crippen LogP contribution in [-0.2, 0) is 24.1 Å². The van der Waals surface area contributed by atoms with E-state index in [0.29, 0.717) is 24.1 Å². The molecule has 2 aliphatic carbocycles. The second-order valence-corrected chi connectivity index (χ2v) is 8.79. The SMILES string of the molecule is O=C(Cc1ncc[nH]1)C1CCCN1c1nc2c(c(Nc3cc(C4CC4)[nH]n3)n1)CCC2. The van der Waals surface area contributed by atoms with Gasteiger partial charge in [0.15, 0.2) is 11.6 Å². The Morgan fingerprint density at radius 3 is 2.97 bits per heavy atom. The van der Waals surface area contributed by atoms with E-state index in [4.69, 9.17) is 9.97 Å². The van der Waals surface area contributed by atoms with Gasteiger partial charge in [0.25, 0.3) is 0 Å². The summed E-state index contributed by atoms with van der Waals surface area (Å²) in [4.78, 5) is 32.1. The minimum Gasteiger partial charge on any atom is -0.348 e. The van der Waals surface area contributed by atoms with Gasteiger partial charge in [-0.3, -0.25) is 9.89 Å². The lowest BCUT2D eigenvalue weighted by molar-refractivity contribution is -0.119. The number of nitrogens with one attached hydrogen (secondary N) is 3. The van der Waals surface area contributed by atoms with Crippen molar-refractivity contribution >= 4 is 23.4 Å². The minimum atomic E-state index is -0.204. The van der Waals surface area contributed by atoms with Gasteiger partial charge in [0, 0.05) is 42.2 Å². The first-order valence-electron chi connectivity index (χ1n) is 11.2. The number of hydrogen-bond donors (Lipinski definition) is 3. The quantitative estimate of drug-likeness (QED) is 0.540. The summed E-state index contributed by atoms with van der Waals surface area (Å²) >= 11 is 0. The van der Waals surface area contributed by atoms with Crippen molar-refractivity contribution in [1.29, 1.82) is 0 Å².